The second-order valence-corrected chi connectivity index (χ2v) is 7.60. The number of carbonyl (C=O) groups is 2. The monoisotopic (exact) mass is 442 g/mol. The first-order valence-corrected chi connectivity index (χ1v) is 10.0. The lowest BCUT2D eigenvalue weighted by molar-refractivity contribution is -0.117. The summed E-state index contributed by atoms with van der Waals surface area (Å²) in [5.74, 6) is 0.638. The molecule has 1 N–H and O–H groups in total. The maximum absolute atomic E-state index is 12.6. The molecular weight excluding hydrogens is 420 g/mol. The zero-order valence-electron chi connectivity index (χ0n) is 15.7. The minimum atomic E-state index is -0.108. The highest BCUT2D eigenvalue weighted by Crippen LogP contribution is 2.17. The van der Waals surface area contributed by atoms with Crippen LogP contribution in [0.25, 0.3) is 6.08 Å². The Labute approximate surface area is 173 Å². The number of halogens is 1. The summed E-state index contributed by atoms with van der Waals surface area (Å²) >= 11 is 3.39. The van der Waals surface area contributed by atoms with E-state index in [4.69, 9.17) is 4.74 Å². The Kier molecular flexibility index (Phi) is 6.87. The van der Waals surface area contributed by atoms with E-state index in [1.54, 1.807) is 43.5 Å². The van der Waals surface area contributed by atoms with Crippen molar-refractivity contribution in [2.45, 2.75) is 18.9 Å². The quantitative estimate of drug-likeness (QED) is 0.714. The highest BCUT2D eigenvalue weighted by atomic mass is 79.9. The van der Waals surface area contributed by atoms with Gasteiger partial charge >= 0.3 is 0 Å². The number of hydrogen-bond donors (Lipinski definition) is 1. The number of nitrogens with zero attached hydrogens (tertiary/aromatic N) is 1. The fraction of sp³-hybridized carbons (Fsp3) is 0.273. The van der Waals surface area contributed by atoms with Crippen LogP contribution >= 0.6 is 15.9 Å². The molecule has 1 fully saturated rings. The molecule has 1 saturated heterocycles. The second-order valence-electron chi connectivity index (χ2n) is 6.69. The summed E-state index contributed by atoms with van der Waals surface area (Å²) in [4.78, 5) is 26.6. The summed E-state index contributed by atoms with van der Waals surface area (Å²) < 4.78 is 6.13. The lowest BCUT2D eigenvalue weighted by Crippen LogP contribution is -2.46. The summed E-state index contributed by atoms with van der Waals surface area (Å²) in [5.41, 5.74) is 1.62. The van der Waals surface area contributed by atoms with Crippen LogP contribution < -0.4 is 10.1 Å². The number of ether oxygens (including phenoxy) is 1. The Balaban J connectivity index is 1.47. The predicted octanol–water partition coefficient (Wildman–Crippen LogP) is 3.89. The Morgan fingerprint density at radius 1 is 1.07 bits per heavy atom. The third-order valence-corrected chi connectivity index (χ3v) is 5.29. The van der Waals surface area contributed by atoms with Crippen molar-refractivity contribution in [1.29, 1.82) is 0 Å². The van der Waals surface area contributed by atoms with Gasteiger partial charge in [0.1, 0.15) is 5.75 Å². The number of carbonyl (C=O) groups excluding carboxylic acids is 2. The van der Waals surface area contributed by atoms with Gasteiger partial charge in [0.25, 0.3) is 5.91 Å². The van der Waals surface area contributed by atoms with E-state index in [9.17, 15) is 9.59 Å². The van der Waals surface area contributed by atoms with Crippen LogP contribution in [0.15, 0.2) is 59.1 Å². The van der Waals surface area contributed by atoms with Crippen molar-refractivity contribution < 1.29 is 14.3 Å². The Morgan fingerprint density at radius 2 is 1.71 bits per heavy atom. The van der Waals surface area contributed by atoms with Crippen LogP contribution in [0.2, 0.25) is 0 Å². The molecule has 2 aromatic rings. The molecule has 3 rings (SSSR count). The molecular formula is C22H23BrN2O3. The van der Waals surface area contributed by atoms with E-state index >= 15 is 0 Å². The molecule has 1 aliphatic heterocycles. The van der Waals surface area contributed by atoms with Crippen molar-refractivity contribution in [3.8, 4) is 5.75 Å². The van der Waals surface area contributed by atoms with Crippen molar-refractivity contribution in [3.05, 3.63) is 70.2 Å². The Morgan fingerprint density at radius 3 is 2.32 bits per heavy atom. The number of nitrogens with one attached hydrogen (secondary N) is 1. The van der Waals surface area contributed by atoms with E-state index in [1.807, 2.05) is 29.2 Å². The minimum Gasteiger partial charge on any atom is -0.497 e. The van der Waals surface area contributed by atoms with Gasteiger partial charge in [0, 0.05) is 35.2 Å². The molecule has 146 valence electrons. The van der Waals surface area contributed by atoms with E-state index < -0.39 is 0 Å². The topological polar surface area (TPSA) is 58.6 Å². The normalized spacial score (nSPS) is 14.9. The van der Waals surface area contributed by atoms with Gasteiger partial charge in [0.2, 0.25) is 5.91 Å². The molecule has 0 saturated carbocycles. The van der Waals surface area contributed by atoms with E-state index in [0.717, 1.165) is 28.6 Å². The van der Waals surface area contributed by atoms with Crippen molar-refractivity contribution in [2.24, 2.45) is 0 Å². The summed E-state index contributed by atoms with van der Waals surface area (Å²) in [6.07, 6.45) is 4.85. The third kappa shape index (κ3) is 5.45. The first-order chi connectivity index (χ1) is 13.5. The predicted molar refractivity (Wildman–Crippen MR) is 113 cm³/mol. The van der Waals surface area contributed by atoms with Crippen LogP contribution in [0.4, 0.5) is 0 Å². The van der Waals surface area contributed by atoms with Gasteiger partial charge in [-0.1, -0.05) is 28.1 Å². The van der Waals surface area contributed by atoms with Gasteiger partial charge in [-0.05, 0) is 60.9 Å². The molecule has 0 spiro atoms. The second kappa shape index (κ2) is 9.55. The lowest BCUT2D eigenvalue weighted by Gasteiger charge is -2.32. The molecule has 0 radical (unpaired) electrons. The molecule has 1 heterocycles. The molecule has 6 heteroatoms. The van der Waals surface area contributed by atoms with Crippen LogP contribution in [-0.4, -0.2) is 43.0 Å². The Hall–Kier alpha value is -2.60. The maximum atomic E-state index is 12.6. The molecule has 0 atom stereocenters. The van der Waals surface area contributed by atoms with Gasteiger partial charge in [-0.15, -0.1) is 0 Å². The van der Waals surface area contributed by atoms with Crippen molar-refractivity contribution in [3.63, 3.8) is 0 Å². The molecule has 0 unspecified atom stereocenters. The SMILES string of the molecule is COc1ccc(C(=O)N2CCC(NC(=O)/C=C/c3ccc(Br)cc3)CC2)cc1. The maximum Gasteiger partial charge on any atom is 0.253 e. The fourth-order valence-electron chi connectivity index (χ4n) is 3.14. The van der Waals surface area contributed by atoms with Gasteiger partial charge in [-0.25, -0.2) is 0 Å². The summed E-state index contributed by atoms with van der Waals surface area (Å²) in [6, 6.07) is 15.0. The fourth-order valence-corrected chi connectivity index (χ4v) is 3.40. The smallest absolute Gasteiger partial charge is 0.253 e. The average Bonchev–Trinajstić information content (AvgIpc) is 2.73. The van der Waals surface area contributed by atoms with Crippen LogP contribution in [0.5, 0.6) is 5.75 Å². The van der Waals surface area contributed by atoms with Gasteiger partial charge in [-0.2, -0.15) is 0 Å². The standard InChI is InChI=1S/C22H23BrN2O3/c1-28-20-9-5-17(6-10-20)22(27)25-14-12-19(13-15-25)24-21(26)11-4-16-2-7-18(23)8-3-16/h2-11,19H,12-15H2,1H3,(H,24,26)/b11-4+. The Bertz CT molecular complexity index is 839. The van der Waals surface area contributed by atoms with Gasteiger partial charge in [0.05, 0.1) is 7.11 Å². The number of benzene rings is 2. The van der Waals surface area contributed by atoms with E-state index in [-0.39, 0.29) is 17.9 Å². The van der Waals surface area contributed by atoms with E-state index in [1.165, 1.54) is 0 Å². The molecule has 0 bridgehead atoms. The van der Waals surface area contributed by atoms with Crippen LogP contribution in [0, 0.1) is 0 Å². The number of piperidine rings is 1. The first kappa shape index (κ1) is 20.1. The summed E-state index contributed by atoms with van der Waals surface area (Å²) in [5, 5.41) is 3.03. The highest BCUT2D eigenvalue weighted by molar-refractivity contribution is 9.10. The number of rotatable bonds is 5. The number of hydrogen-bond acceptors (Lipinski definition) is 3. The largest absolute Gasteiger partial charge is 0.497 e. The van der Waals surface area contributed by atoms with Crippen LogP contribution in [-0.2, 0) is 4.79 Å². The molecule has 2 aromatic carbocycles. The van der Waals surface area contributed by atoms with Crippen molar-refractivity contribution in [2.75, 3.05) is 20.2 Å². The van der Waals surface area contributed by atoms with Gasteiger partial charge in [-0.3, -0.25) is 9.59 Å². The average molecular weight is 443 g/mol. The molecule has 0 aromatic heterocycles. The van der Waals surface area contributed by atoms with Crippen molar-refractivity contribution in [1.82, 2.24) is 10.2 Å². The molecule has 28 heavy (non-hydrogen) atoms. The van der Waals surface area contributed by atoms with Gasteiger partial charge in [0.15, 0.2) is 0 Å². The lowest BCUT2D eigenvalue weighted by atomic mass is 10.0. The van der Waals surface area contributed by atoms with E-state index in [2.05, 4.69) is 21.2 Å². The zero-order valence-corrected chi connectivity index (χ0v) is 17.3. The third-order valence-electron chi connectivity index (χ3n) is 4.76. The zero-order chi connectivity index (χ0) is 19.9. The number of methoxy groups -OCH3 is 1. The molecule has 2 amide bonds. The number of likely N-dealkylation sites (tertiary alicyclic amines) is 1. The minimum absolute atomic E-state index is 0.0163. The van der Waals surface area contributed by atoms with Gasteiger partial charge < -0.3 is 15.0 Å². The molecule has 0 aliphatic carbocycles. The summed E-state index contributed by atoms with van der Waals surface area (Å²) in [7, 11) is 1.60. The van der Waals surface area contributed by atoms with Crippen LogP contribution in [0.1, 0.15) is 28.8 Å². The summed E-state index contributed by atoms with van der Waals surface area (Å²) in [6.45, 7) is 1.26. The van der Waals surface area contributed by atoms with Crippen molar-refractivity contribution >= 4 is 33.8 Å². The number of amides is 2. The molecule has 1 aliphatic rings. The molecule has 5 nitrogen and oxygen atoms in total. The van der Waals surface area contributed by atoms with E-state index in [0.29, 0.717) is 18.7 Å². The first-order valence-electron chi connectivity index (χ1n) is 9.22. The highest BCUT2D eigenvalue weighted by Gasteiger charge is 2.24. The van der Waals surface area contributed by atoms with Crippen LogP contribution in [0.3, 0.4) is 0 Å².